The molecule has 6 nitrogen and oxygen atoms in total. The number of hydrogen-bond donors (Lipinski definition) is 0. The van der Waals surface area contributed by atoms with Crippen molar-refractivity contribution in [2.24, 2.45) is 11.8 Å². The highest BCUT2D eigenvalue weighted by atomic mass is 32.2. The topological polar surface area (TPSA) is 117 Å². The molecule has 0 heterocycles. The third-order valence-electron chi connectivity index (χ3n) is 2.61. The first kappa shape index (κ1) is 18.6. The van der Waals surface area contributed by atoms with Crippen molar-refractivity contribution in [3.63, 3.8) is 0 Å². The van der Waals surface area contributed by atoms with E-state index in [0.717, 1.165) is 0 Å². The van der Waals surface area contributed by atoms with Crippen molar-refractivity contribution in [2.45, 2.75) is 51.0 Å². The molecule has 0 radical (unpaired) electrons. The Labute approximate surface area is 119 Å². The van der Waals surface area contributed by atoms with Crippen LogP contribution in [0.25, 0.3) is 5.53 Å². The predicted molar refractivity (Wildman–Crippen MR) is 73.0 cm³/mol. The van der Waals surface area contributed by atoms with Crippen molar-refractivity contribution >= 4 is 27.9 Å². The normalized spacial score (nSPS) is 17.9. The van der Waals surface area contributed by atoms with Crippen molar-refractivity contribution < 1.29 is 22.3 Å². The van der Waals surface area contributed by atoms with Gasteiger partial charge in [0.05, 0.1) is 0 Å². The molecule has 112 valence electrons. The van der Waals surface area contributed by atoms with E-state index in [2.05, 4.69) is 4.79 Å². The molecular formula is C11H20N2O4S2-2. The van der Waals surface area contributed by atoms with Gasteiger partial charge in [-0.3, -0.25) is 8.42 Å². The van der Waals surface area contributed by atoms with Crippen LogP contribution in [0.2, 0.25) is 0 Å². The zero-order valence-electron chi connectivity index (χ0n) is 11.6. The fraction of sp³-hybridized carbons (Fsp3) is 0.909. The van der Waals surface area contributed by atoms with E-state index in [1.807, 2.05) is 27.7 Å². The highest BCUT2D eigenvalue weighted by molar-refractivity contribution is 7.82. The summed E-state index contributed by atoms with van der Waals surface area (Å²) in [5.74, 6) is 0.0823. The van der Waals surface area contributed by atoms with E-state index in [-0.39, 0.29) is 30.4 Å². The molecule has 0 aromatic heterocycles. The minimum Gasteiger partial charge on any atom is -0.772 e. The van der Waals surface area contributed by atoms with Crippen LogP contribution in [0.15, 0.2) is 0 Å². The number of nitrogens with zero attached hydrogens (tertiary/aromatic N) is 2. The fourth-order valence-electron chi connectivity index (χ4n) is 1.79. The second-order valence-corrected chi connectivity index (χ2v) is 7.46. The summed E-state index contributed by atoms with van der Waals surface area (Å²) in [7, 11) is 0. The first-order valence-electron chi connectivity index (χ1n) is 6.08. The minimum atomic E-state index is -2.52. The van der Waals surface area contributed by atoms with Gasteiger partial charge in [-0.2, -0.15) is 4.79 Å². The highest BCUT2D eigenvalue weighted by Gasteiger charge is 2.34. The van der Waals surface area contributed by atoms with E-state index in [1.54, 1.807) is 0 Å². The van der Waals surface area contributed by atoms with Gasteiger partial charge in [-0.15, -0.1) is 0 Å². The fourth-order valence-corrected chi connectivity index (χ4v) is 3.78. The zero-order chi connectivity index (χ0) is 15.2. The molecule has 0 bridgehead atoms. The van der Waals surface area contributed by atoms with Gasteiger partial charge >= 0.3 is 0 Å². The Morgan fingerprint density at radius 3 is 1.47 bits per heavy atom. The predicted octanol–water partition coefficient (Wildman–Crippen LogP) is 1.24. The first-order chi connectivity index (χ1) is 8.70. The minimum absolute atomic E-state index is 0.0411. The lowest BCUT2D eigenvalue weighted by atomic mass is 9.98. The molecule has 0 saturated carbocycles. The third-order valence-corrected chi connectivity index (χ3v) is 4.41. The Hall–Kier alpha value is -0.400. The van der Waals surface area contributed by atoms with Crippen molar-refractivity contribution in [3.05, 3.63) is 5.53 Å². The number of hydrogen-bond acceptors (Lipinski definition) is 4. The molecular weight excluding hydrogens is 288 g/mol. The van der Waals surface area contributed by atoms with Crippen LogP contribution >= 0.6 is 0 Å². The average molecular weight is 308 g/mol. The van der Waals surface area contributed by atoms with Crippen LogP contribution in [0.1, 0.15) is 40.5 Å². The average Bonchev–Trinajstić information content (AvgIpc) is 2.25. The third kappa shape index (κ3) is 6.54. The maximum absolute atomic E-state index is 11.3. The molecule has 8 heteroatoms. The standard InChI is InChI=1S/C11H22N2O4S2/c1-7(2)5-9(18(14)15)11(13-12)10(19(16)17)6-8(3)4/h7-10H,5-6H2,1-4H3,(H,14,15)(H,16,17)/p-2. The van der Waals surface area contributed by atoms with Crippen LogP contribution in [0.3, 0.4) is 0 Å². The van der Waals surface area contributed by atoms with Gasteiger partial charge in [-0.05, 0) is 46.8 Å². The molecule has 0 aromatic rings. The van der Waals surface area contributed by atoms with Crippen LogP contribution in [0.4, 0.5) is 0 Å². The summed E-state index contributed by atoms with van der Waals surface area (Å²) in [6.45, 7) is 7.28. The number of rotatable bonds is 8. The van der Waals surface area contributed by atoms with Crippen LogP contribution in [0.5, 0.6) is 0 Å². The molecule has 0 aliphatic heterocycles. The maximum atomic E-state index is 11.3. The van der Waals surface area contributed by atoms with Crippen molar-refractivity contribution in [1.82, 2.24) is 0 Å². The van der Waals surface area contributed by atoms with Crippen LogP contribution in [-0.4, -0.2) is 38.5 Å². The van der Waals surface area contributed by atoms with Crippen LogP contribution in [-0.2, 0) is 22.2 Å². The van der Waals surface area contributed by atoms with Gasteiger partial charge in [0.25, 0.3) is 5.71 Å². The molecule has 0 fully saturated rings. The lowest BCUT2D eigenvalue weighted by molar-refractivity contribution is -0.0115. The van der Waals surface area contributed by atoms with Crippen molar-refractivity contribution in [1.29, 1.82) is 0 Å². The van der Waals surface area contributed by atoms with Gasteiger partial charge in [0, 0.05) is 0 Å². The van der Waals surface area contributed by atoms with E-state index in [0.29, 0.717) is 0 Å². The van der Waals surface area contributed by atoms with Gasteiger partial charge in [-0.25, -0.2) is 0 Å². The van der Waals surface area contributed by atoms with Crippen molar-refractivity contribution in [2.75, 3.05) is 0 Å². The Morgan fingerprint density at radius 2 is 1.32 bits per heavy atom. The summed E-state index contributed by atoms with van der Waals surface area (Å²) in [5, 5.41) is -2.15. The summed E-state index contributed by atoms with van der Waals surface area (Å²) in [4.78, 5) is 2.97. The van der Waals surface area contributed by atoms with E-state index in [1.165, 1.54) is 0 Å². The molecule has 0 amide bonds. The highest BCUT2D eigenvalue weighted by Crippen LogP contribution is 2.18. The SMILES string of the molecule is CC(C)CC(C(=[N+]=[N-])C(CC(C)C)S(=O)[O-])S(=O)[O-]. The largest absolute Gasteiger partial charge is 0.772 e. The van der Waals surface area contributed by atoms with Gasteiger partial charge in [0.15, 0.2) is 0 Å². The van der Waals surface area contributed by atoms with Crippen molar-refractivity contribution in [3.8, 4) is 0 Å². The molecule has 0 spiro atoms. The summed E-state index contributed by atoms with van der Waals surface area (Å²) < 4.78 is 45.0. The van der Waals surface area contributed by atoms with Gasteiger partial charge in [-0.1, -0.05) is 27.7 Å². The van der Waals surface area contributed by atoms with E-state index < -0.39 is 32.7 Å². The first-order valence-corrected chi connectivity index (χ1v) is 8.36. The molecule has 0 aliphatic rings. The van der Waals surface area contributed by atoms with Gasteiger partial charge in [0.1, 0.15) is 10.5 Å². The van der Waals surface area contributed by atoms with Gasteiger partial charge in [0.2, 0.25) is 0 Å². The Morgan fingerprint density at radius 1 is 1.00 bits per heavy atom. The quantitative estimate of drug-likeness (QED) is 0.290. The van der Waals surface area contributed by atoms with E-state index in [9.17, 15) is 17.5 Å². The monoisotopic (exact) mass is 308 g/mol. The molecule has 4 unspecified atom stereocenters. The van der Waals surface area contributed by atoms with Crippen LogP contribution in [0, 0.1) is 11.8 Å². The summed E-state index contributed by atoms with van der Waals surface area (Å²) in [6, 6.07) is 0. The Bertz CT molecular complexity index is 362. The van der Waals surface area contributed by atoms with Crippen LogP contribution < -0.4 is 0 Å². The lowest BCUT2D eigenvalue weighted by Crippen LogP contribution is -2.40. The molecule has 19 heavy (non-hydrogen) atoms. The molecule has 0 aliphatic carbocycles. The molecule has 0 rings (SSSR count). The Kier molecular flexibility index (Phi) is 8.52. The second-order valence-electron chi connectivity index (χ2n) is 5.28. The molecule has 0 N–H and O–H groups in total. The molecule has 0 saturated heterocycles. The van der Waals surface area contributed by atoms with Gasteiger partial charge < -0.3 is 14.6 Å². The molecule has 0 aromatic carbocycles. The second kappa shape index (κ2) is 8.71. The zero-order valence-corrected chi connectivity index (χ0v) is 13.2. The lowest BCUT2D eigenvalue weighted by Gasteiger charge is -2.24. The summed E-state index contributed by atoms with van der Waals surface area (Å²) >= 11 is -5.04. The Balaban J connectivity index is 5.38. The maximum Gasteiger partial charge on any atom is 0.297 e. The summed E-state index contributed by atoms with van der Waals surface area (Å²) in [5.41, 5.74) is 8.84. The smallest absolute Gasteiger partial charge is 0.297 e. The van der Waals surface area contributed by atoms with E-state index >= 15 is 0 Å². The summed E-state index contributed by atoms with van der Waals surface area (Å²) in [6.07, 6.45) is 0.447. The molecule has 4 atom stereocenters. The van der Waals surface area contributed by atoms with E-state index in [4.69, 9.17) is 5.53 Å².